The molecule has 33 heavy (non-hydrogen) atoms. The number of esters is 1. The Morgan fingerprint density at radius 1 is 1.12 bits per heavy atom. The van der Waals surface area contributed by atoms with E-state index >= 15 is 0 Å². The summed E-state index contributed by atoms with van der Waals surface area (Å²) in [4.78, 5) is 13.1. The smallest absolute Gasteiger partial charge is 0.255 e. The molecule has 3 nitrogen and oxygen atoms in total. The van der Waals surface area contributed by atoms with Crippen molar-refractivity contribution in [1.82, 2.24) is 0 Å². The zero-order valence-electron chi connectivity index (χ0n) is 18.0. The van der Waals surface area contributed by atoms with Crippen molar-refractivity contribution in [2.45, 2.75) is 35.1 Å². The third-order valence-electron chi connectivity index (χ3n) is 5.12. The molecule has 2 aromatic carbocycles. The first kappa shape index (κ1) is 25.4. The number of hydrogen-bond acceptors (Lipinski definition) is 3. The molecule has 0 aliphatic heterocycles. The van der Waals surface area contributed by atoms with Gasteiger partial charge in [0, 0.05) is 22.0 Å². The third-order valence-corrected chi connectivity index (χ3v) is 7.77. The Bertz CT molecular complexity index is 1120. The summed E-state index contributed by atoms with van der Waals surface area (Å²) in [5.41, 5.74) is 4.52. The first-order chi connectivity index (χ1) is 15.5. The Morgan fingerprint density at radius 2 is 1.82 bits per heavy atom. The first-order valence-electron chi connectivity index (χ1n) is 10.1. The number of alkyl halides is 3. The van der Waals surface area contributed by atoms with Crippen LogP contribution in [0.3, 0.4) is 0 Å². The van der Waals surface area contributed by atoms with Gasteiger partial charge in [0.05, 0.1) is 0 Å². The summed E-state index contributed by atoms with van der Waals surface area (Å²) in [5.74, 6) is -0.993. The molecule has 2 aromatic rings. The molecule has 0 radical (unpaired) electrons. The molecule has 0 N–H and O–H groups in total. The van der Waals surface area contributed by atoms with Crippen LogP contribution in [0.1, 0.15) is 36.5 Å². The molecule has 1 aliphatic rings. The van der Waals surface area contributed by atoms with Crippen LogP contribution >= 0.6 is 0 Å². The van der Waals surface area contributed by atoms with Crippen LogP contribution in [0.15, 0.2) is 52.9 Å². The Hall–Kier alpha value is -2.22. The van der Waals surface area contributed by atoms with Gasteiger partial charge in [-0.15, -0.1) is 0 Å². The topological polar surface area (TPSA) is 43.4 Å². The number of benzene rings is 2. The predicted octanol–water partition coefficient (Wildman–Crippen LogP) is 5.86. The van der Waals surface area contributed by atoms with Crippen molar-refractivity contribution in [3.05, 3.63) is 70.5 Å². The second-order valence-corrected chi connectivity index (χ2v) is 11.2. The van der Waals surface area contributed by atoms with Crippen LogP contribution in [0.4, 0.5) is 17.6 Å². The van der Waals surface area contributed by atoms with Gasteiger partial charge in [-0.25, -0.2) is 0 Å². The minimum Gasteiger partial charge on any atom is -0.255 e. The summed E-state index contributed by atoms with van der Waals surface area (Å²) in [5, 5.41) is -4.20. The second kappa shape index (κ2) is 10.8. The molecule has 0 spiro atoms. The molecule has 0 bridgehead atoms. The maximum atomic E-state index is 14.0. The Morgan fingerprint density at radius 3 is 2.45 bits per heavy atom. The monoisotopic (exact) mass is 546 g/mol. The molecule has 3 rings (SSSR count). The number of allylic oxidation sites excluding steroid dienone is 2. The SMILES string of the molecule is CC1=C(CC(=O)OCCC[Se]C(F)(F)F)c2cc(F)ccc2/C1=C\c1ccc(S(C)=O)cc1. The Labute approximate surface area is 198 Å². The van der Waals surface area contributed by atoms with Crippen LogP contribution < -0.4 is 0 Å². The van der Waals surface area contributed by atoms with Gasteiger partial charge in [-0.2, -0.15) is 0 Å². The molecule has 0 heterocycles. The van der Waals surface area contributed by atoms with E-state index in [4.69, 9.17) is 4.74 Å². The molecule has 176 valence electrons. The van der Waals surface area contributed by atoms with Crippen molar-refractivity contribution in [3.63, 3.8) is 0 Å². The molecular weight excluding hydrogens is 523 g/mol. The number of carbonyl (C=O) groups is 1. The molecule has 9 heteroatoms. The summed E-state index contributed by atoms with van der Waals surface area (Å²) in [6.45, 7) is 1.76. The van der Waals surface area contributed by atoms with Gasteiger partial charge in [-0.3, -0.25) is 4.21 Å². The van der Waals surface area contributed by atoms with Gasteiger partial charge in [0.15, 0.2) is 0 Å². The van der Waals surface area contributed by atoms with E-state index in [0.29, 0.717) is 16.0 Å². The minimum atomic E-state index is -4.16. The van der Waals surface area contributed by atoms with Crippen LogP contribution in [-0.4, -0.2) is 43.1 Å². The minimum absolute atomic E-state index is 0.0448. The molecule has 1 atom stereocenters. The number of halogens is 4. The van der Waals surface area contributed by atoms with Gasteiger partial charge in [-0.05, 0) is 12.1 Å². The fourth-order valence-corrected chi connectivity index (χ4v) is 5.09. The van der Waals surface area contributed by atoms with E-state index in [-0.39, 0.29) is 24.8 Å². The van der Waals surface area contributed by atoms with Gasteiger partial charge in [0.2, 0.25) is 0 Å². The van der Waals surface area contributed by atoms with Crippen molar-refractivity contribution in [2.24, 2.45) is 0 Å². The molecular formula is C24H22F4O3SSe. The van der Waals surface area contributed by atoms with Gasteiger partial charge in [0.1, 0.15) is 0 Å². The molecule has 0 saturated heterocycles. The fraction of sp³-hybridized carbons (Fsp3) is 0.292. The molecule has 0 saturated carbocycles. The van der Waals surface area contributed by atoms with Crippen molar-refractivity contribution >= 4 is 48.9 Å². The number of ether oxygens (including phenoxy) is 1. The van der Waals surface area contributed by atoms with Crippen molar-refractivity contribution < 1.29 is 31.3 Å². The normalized spacial score (nSPS) is 15.6. The Balaban J connectivity index is 1.78. The average molecular weight is 545 g/mol. The van der Waals surface area contributed by atoms with Crippen LogP contribution in [-0.2, 0) is 20.3 Å². The number of fused-ring (bicyclic) bond motifs is 1. The van der Waals surface area contributed by atoms with E-state index in [0.717, 1.165) is 22.3 Å². The molecule has 0 fully saturated rings. The number of rotatable bonds is 8. The summed E-state index contributed by atoms with van der Waals surface area (Å²) in [6, 6.07) is 11.6. The van der Waals surface area contributed by atoms with E-state index in [9.17, 15) is 26.6 Å². The van der Waals surface area contributed by atoms with Gasteiger partial charge >= 0.3 is 160 Å². The molecule has 1 unspecified atom stereocenters. The summed E-state index contributed by atoms with van der Waals surface area (Å²) in [7, 11) is -1.09. The van der Waals surface area contributed by atoms with E-state index < -0.39 is 42.6 Å². The average Bonchev–Trinajstić information content (AvgIpc) is 2.98. The van der Waals surface area contributed by atoms with E-state index in [1.807, 2.05) is 25.1 Å². The number of hydrogen-bond donors (Lipinski definition) is 0. The zero-order valence-corrected chi connectivity index (χ0v) is 20.5. The molecule has 0 amide bonds. The van der Waals surface area contributed by atoms with Crippen molar-refractivity contribution in [1.29, 1.82) is 0 Å². The standard InChI is InChI=1S/C24H22F4O3SSe/c1-15-20(12-16-4-7-18(8-5-16)32(2)30)19-9-6-17(25)13-22(19)21(15)14-23(29)31-10-3-11-33-24(26,27)28/h4-9,12-13H,3,10-11,14H2,1-2H3/b20-12-. The van der Waals surface area contributed by atoms with Gasteiger partial charge in [0.25, 0.3) is 0 Å². The first-order valence-corrected chi connectivity index (χ1v) is 13.7. The second-order valence-electron chi connectivity index (χ2n) is 7.42. The van der Waals surface area contributed by atoms with Gasteiger partial charge < -0.3 is 0 Å². The van der Waals surface area contributed by atoms with Crippen molar-refractivity contribution in [2.75, 3.05) is 12.9 Å². The Kier molecular flexibility index (Phi) is 8.32. The van der Waals surface area contributed by atoms with Crippen molar-refractivity contribution in [3.8, 4) is 0 Å². The quantitative estimate of drug-likeness (QED) is 0.181. The van der Waals surface area contributed by atoms with Crippen LogP contribution in [0.5, 0.6) is 0 Å². The van der Waals surface area contributed by atoms with E-state index in [1.165, 1.54) is 12.1 Å². The van der Waals surface area contributed by atoms with E-state index in [1.54, 1.807) is 24.5 Å². The molecule has 0 aromatic heterocycles. The molecule has 1 aliphatic carbocycles. The maximum absolute atomic E-state index is 14.0. The van der Waals surface area contributed by atoms with E-state index in [2.05, 4.69) is 0 Å². The summed E-state index contributed by atoms with van der Waals surface area (Å²) in [6.07, 6.45) is 3.58. The van der Waals surface area contributed by atoms with Crippen LogP contribution in [0.25, 0.3) is 17.2 Å². The summed E-state index contributed by atoms with van der Waals surface area (Å²) < 4.78 is 67.4. The number of carbonyl (C=O) groups excluding carboxylic acids is 1. The fourth-order valence-electron chi connectivity index (χ4n) is 3.53. The van der Waals surface area contributed by atoms with Crippen LogP contribution in [0, 0.1) is 5.82 Å². The predicted molar refractivity (Wildman–Crippen MR) is 122 cm³/mol. The zero-order chi connectivity index (χ0) is 24.2. The van der Waals surface area contributed by atoms with Gasteiger partial charge in [-0.1, -0.05) is 0 Å². The third kappa shape index (κ3) is 6.88. The summed E-state index contributed by atoms with van der Waals surface area (Å²) >= 11 is -1.48. The van der Waals surface area contributed by atoms with Crippen LogP contribution in [0.2, 0.25) is 5.32 Å².